The monoisotopic (exact) mass is 513 g/mol. The molecule has 1 aliphatic carbocycles. The highest BCUT2D eigenvalue weighted by atomic mass is 19.4. The van der Waals surface area contributed by atoms with Crippen molar-refractivity contribution in [1.82, 2.24) is 9.97 Å². The van der Waals surface area contributed by atoms with Crippen LogP contribution in [0.4, 0.5) is 18.9 Å². The molecule has 2 aliphatic rings. The number of pyridine rings is 2. The Labute approximate surface area is 211 Å². The summed E-state index contributed by atoms with van der Waals surface area (Å²) in [6.07, 6.45) is -1.82. The van der Waals surface area contributed by atoms with E-state index in [-0.39, 0.29) is 24.2 Å². The van der Waals surface area contributed by atoms with Crippen LogP contribution in [0.25, 0.3) is 11.1 Å². The lowest BCUT2D eigenvalue weighted by Gasteiger charge is -2.23. The van der Waals surface area contributed by atoms with Crippen molar-refractivity contribution in [2.24, 2.45) is 5.92 Å². The van der Waals surface area contributed by atoms with Gasteiger partial charge in [0, 0.05) is 35.5 Å². The van der Waals surface area contributed by atoms with Gasteiger partial charge in [-0.3, -0.25) is 9.78 Å². The molecule has 194 valence electrons. The number of carbonyl (C=O) groups is 1. The largest absolute Gasteiger partial charge is 0.475 e. The van der Waals surface area contributed by atoms with Gasteiger partial charge in [-0.15, -0.1) is 0 Å². The van der Waals surface area contributed by atoms with E-state index in [1.807, 2.05) is 19.1 Å². The molecule has 1 saturated carbocycles. The highest BCUT2D eigenvalue weighted by Crippen LogP contribution is 2.58. The summed E-state index contributed by atoms with van der Waals surface area (Å²) in [7, 11) is 0. The molecular weight excluding hydrogens is 487 g/mol. The molecule has 3 heterocycles. The average Bonchev–Trinajstić information content (AvgIpc) is 3.64. The number of carbonyl (C=O) groups excluding carboxylic acids is 1. The van der Waals surface area contributed by atoms with Crippen molar-refractivity contribution < 1.29 is 32.5 Å². The van der Waals surface area contributed by atoms with Crippen molar-refractivity contribution >= 4 is 11.6 Å². The van der Waals surface area contributed by atoms with Crippen molar-refractivity contribution in [3.05, 3.63) is 71.2 Å². The van der Waals surface area contributed by atoms with Gasteiger partial charge in [-0.05, 0) is 72.7 Å². The second kappa shape index (κ2) is 9.75. The summed E-state index contributed by atoms with van der Waals surface area (Å²) in [5.74, 6) is 0.133. The highest BCUT2D eigenvalue weighted by Gasteiger charge is 2.57. The Balaban J connectivity index is 1.46. The molecule has 2 fully saturated rings. The lowest BCUT2D eigenvalue weighted by atomic mass is 9.90. The van der Waals surface area contributed by atoms with E-state index in [1.165, 1.54) is 6.07 Å². The van der Waals surface area contributed by atoms with Crippen LogP contribution in [0.3, 0.4) is 0 Å². The zero-order chi connectivity index (χ0) is 26.2. The Hall–Kier alpha value is -3.50. The van der Waals surface area contributed by atoms with Crippen LogP contribution in [-0.4, -0.2) is 47.4 Å². The quantitative estimate of drug-likeness (QED) is 0.473. The van der Waals surface area contributed by atoms with Crippen LogP contribution in [0, 0.1) is 12.8 Å². The van der Waals surface area contributed by atoms with Gasteiger partial charge in [0.05, 0.1) is 18.9 Å². The summed E-state index contributed by atoms with van der Waals surface area (Å²) in [6, 6.07) is 11.1. The maximum atomic E-state index is 13.0. The lowest BCUT2D eigenvalue weighted by Crippen LogP contribution is -2.23. The first kappa shape index (κ1) is 25.2. The molecule has 2 aromatic heterocycles. The number of halogens is 3. The maximum Gasteiger partial charge on any atom is 0.433 e. The first-order chi connectivity index (χ1) is 17.7. The van der Waals surface area contributed by atoms with Crippen molar-refractivity contribution in [2.45, 2.75) is 31.4 Å². The average molecular weight is 514 g/mol. The number of nitrogens with one attached hydrogen (secondary N) is 1. The smallest absolute Gasteiger partial charge is 0.433 e. The third-order valence-electron chi connectivity index (χ3n) is 7.02. The molecule has 1 aliphatic heterocycles. The normalized spacial score (nSPS) is 20.7. The number of ether oxygens (including phenoxy) is 2. The summed E-state index contributed by atoms with van der Waals surface area (Å²) in [5, 5.41) is 11.9. The molecule has 1 aromatic carbocycles. The number of amides is 1. The molecule has 10 heteroatoms. The number of fused-ring (bicyclic) bond motifs is 1. The number of rotatable bonds is 7. The molecule has 0 bridgehead atoms. The van der Waals surface area contributed by atoms with Crippen LogP contribution in [0.1, 0.15) is 40.2 Å². The Morgan fingerprint density at radius 2 is 2.08 bits per heavy atom. The van der Waals surface area contributed by atoms with Crippen LogP contribution < -0.4 is 10.1 Å². The number of anilines is 1. The first-order valence-corrected chi connectivity index (χ1v) is 12.0. The number of aliphatic hydroxyl groups excluding tert-OH is 1. The predicted molar refractivity (Wildman–Crippen MR) is 129 cm³/mol. The van der Waals surface area contributed by atoms with Gasteiger partial charge in [-0.1, -0.05) is 6.07 Å². The van der Waals surface area contributed by atoms with Crippen LogP contribution in [0.5, 0.6) is 5.88 Å². The van der Waals surface area contributed by atoms with E-state index in [1.54, 1.807) is 18.2 Å². The van der Waals surface area contributed by atoms with Gasteiger partial charge in [-0.2, -0.15) is 13.2 Å². The fourth-order valence-corrected chi connectivity index (χ4v) is 4.91. The summed E-state index contributed by atoms with van der Waals surface area (Å²) in [4.78, 5) is 20.8. The number of hydrogen-bond acceptors (Lipinski definition) is 6. The molecule has 5 rings (SSSR count). The van der Waals surface area contributed by atoms with E-state index in [0.717, 1.165) is 47.5 Å². The molecule has 1 saturated heterocycles. The minimum Gasteiger partial charge on any atom is -0.475 e. The summed E-state index contributed by atoms with van der Waals surface area (Å²) in [5.41, 5.74) is 2.61. The van der Waals surface area contributed by atoms with Gasteiger partial charge >= 0.3 is 6.18 Å². The maximum absolute atomic E-state index is 13.0. The number of aromatic nitrogens is 2. The zero-order valence-electron chi connectivity index (χ0n) is 20.1. The summed E-state index contributed by atoms with van der Waals surface area (Å²) in [6.45, 7) is 3.26. The van der Waals surface area contributed by atoms with Crippen LogP contribution in [0.2, 0.25) is 0 Å². The third-order valence-corrected chi connectivity index (χ3v) is 7.02. The summed E-state index contributed by atoms with van der Waals surface area (Å²) >= 11 is 0. The number of nitrogens with zero attached hydrogens (tertiary/aromatic N) is 2. The van der Waals surface area contributed by atoms with E-state index >= 15 is 0 Å². The molecular formula is C27H26F3N3O4. The number of hydrogen-bond donors (Lipinski definition) is 2. The van der Waals surface area contributed by atoms with Crippen molar-refractivity contribution in [3.63, 3.8) is 0 Å². The van der Waals surface area contributed by atoms with E-state index in [0.29, 0.717) is 30.7 Å². The van der Waals surface area contributed by atoms with Gasteiger partial charge in [-0.25, -0.2) is 4.98 Å². The minimum atomic E-state index is -4.65. The van der Waals surface area contributed by atoms with E-state index < -0.39 is 17.8 Å². The van der Waals surface area contributed by atoms with Gasteiger partial charge in [0.1, 0.15) is 12.3 Å². The molecule has 37 heavy (non-hydrogen) atoms. The Kier molecular flexibility index (Phi) is 6.63. The van der Waals surface area contributed by atoms with Crippen LogP contribution >= 0.6 is 0 Å². The molecule has 0 radical (unpaired) electrons. The molecule has 3 aromatic rings. The van der Waals surface area contributed by atoms with Crippen LogP contribution in [-0.2, 0) is 16.3 Å². The highest BCUT2D eigenvalue weighted by molar-refractivity contribution is 6.04. The van der Waals surface area contributed by atoms with Gasteiger partial charge < -0.3 is 19.9 Å². The molecule has 7 nitrogen and oxygen atoms in total. The standard InChI is InChI=1S/C27H26F3N3O4/c1-16-2-3-20(32-25(35)17-4-6-31-23(10-17)27(28,29)30)13-21(16)18-11-22(33-24(12-18)37-9-7-34)26-5-8-36-15-19(26)14-26/h2-4,6,10-13,19,34H,5,7-9,14-15H2,1H3,(H,32,35)/t19-,26+/m1/s1. The first-order valence-electron chi connectivity index (χ1n) is 12.0. The van der Waals surface area contributed by atoms with E-state index in [2.05, 4.69) is 10.3 Å². The fourth-order valence-electron chi connectivity index (χ4n) is 4.91. The Bertz CT molecular complexity index is 1330. The third kappa shape index (κ3) is 5.17. The second-order valence-electron chi connectivity index (χ2n) is 9.44. The van der Waals surface area contributed by atoms with E-state index in [4.69, 9.17) is 14.5 Å². The van der Waals surface area contributed by atoms with Crippen LogP contribution in [0.15, 0.2) is 48.7 Å². The molecule has 2 N–H and O–H groups in total. The molecule has 0 spiro atoms. The predicted octanol–water partition coefficient (Wildman–Crippen LogP) is 4.77. The number of aliphatic hydroxyl groups is 1. The molecule has 1 amide bonds. The van der Waals surface area contributed by atoms with Crippen molar-refractivity contribution in [1.29, 1.82) is 0 Å². The summed E-state index contributed by atoms with van der Waals surface area (Å²) < 4.78 is 50.4. The second-order valence-corrected chi connectivity index (χ2v) is 9.44. The van der Waals surface area contributed by atoms with Gasteiger partial charge in [0.25, 0.3) is 5.91 Å². The number of benzene rings is 1. The Morgan fingerprint density at radius 3 is 2.84 bits per heavy atom. The minimum absolute atomic E-state index is 0.0527. The van der Waals surface area contributed by atoms with Gasteiger partial charge in [0.15, 0.2) is 0 Å². The topological polar surface area (TPSA) is 93.6 Å². The number of alkyl halides is 3. The fraction of sp³-hybridized carbons (Fsp3) is 0.370. The lowest BCUT2D eigenvalue weighted by molar-refractivity contribution is -0.141. The molecule has 0 unspecified atom stereocenters. The SMILES string of the molecule is Cc1ccc(NC(=O)c2ccnc(C(F)(F)F)c2)cc1-c1cc(OCCO)nc([C@]23CCOC[C@H]2C3)c1. The van der Waals surface area contributed by atoms with E-state index in [9.17, 15) is 23.1 Å². The van der Waals surface area contributed by atoms with Crippen molar-refractivity contribution in [2.75, 3.05) is 31.7 Å². The van der Waals surface area contributed by atoms with Crippen molar-refractivity contribution in [3.8, 4) is 17.0 Å². The Morgan fingerprint density at radius 1 is 1.24 bits per heavy atom. The molecule has 2 atom stereocenters. The van der Waals surface area contributed by atoms with Gasteiger partial charge in [0.2, 0.25) is 5.88 Å². The number of aryl methyl sites for hydroxylation is 1. The zero-order valence-corrected chi connectivity index (χ0v) is 20.1.